The third kappa shape index (κ3) is 1.49. The van der Waals surface area contributed by atoms with Crippen molar-refractivity contribution in [3.8, 4) is 5.82 Å². The van der Waals surface area contributed by atoms with Crippen molar-refractivity contribution in [2.75, 3.05) is 0 Å². The molecular formula is C11H9ClN6. The van der Waals surface area contributed by atoms with E-state index in [-0.39, 0.29) is 0 Å². The largest absolute Gasteiger partial charge is 0.255 e. The lowest BCUT2D eigenvalue weighted by Crippen LogP contribution is -2.06. The van der Waals surface area contributed by atoms with Crippen LogP contribution in [0.3, 0.4) is 0 Å². The normalized spacial score (nSPS) is 15.4. The van der Waals surface area contributed by atoms with E-state index >= 15 is 0 Å². The van der Waals surface area contributed by atoms with Crippen LogP contribution in [-0.4, -0.2) is 29.4 Å². The zero-order valence-electron chi connectivity index (χ0n) is 9.36. The number of aromatic nitrogens is 6. The Labute approximate surface area is 107 Å². The van der Waals surface area contributed by atoms with E-state index in [1.54, 1.807) is 15.3 Å². The summed E-state index contributed by atoms with van der Waals surface area (Å²) in [6, 6.07) is 3.77. The van der Waals surface area contributed by atoms with E-state index in [9.17, 15) is 0 Å². The summed E-state index contributed by atoms with van der Waals surface area (Å²) in [5, 5.41) is 9.07. The Hall–Kier alpha value is -1.95. The summed E-state index contributed by atoms with van der Waals surface area (Å²) < 4.78 is 3.39. The average Bonchev–Trinajstić information content (AvgIpc) is 2.91. The summed E-state index contributed by atoms with van der Waals surface area (Å²) in [5.74, 6) is 1.84. The van der Waals surface area contributed by atoms with Crippen molar-refractivity contribution in [3.63, 3.8) is 0 Å². The van der Waals surface area contributed by atoms with E-state index < -0.39 is 0 Å². The quantitative estimate of drug-likeness (QED) is 0.660. The van der Waals surface area contributed by atoms with Gasteiger partial charge in [-0.2, -0.15) is 24.7 Å². The Morgan fingerprint density at radius 1 is 1.33 bits per heavy atom. The standard InChI is InChI=1S/C11H9ClN6/c12-9-5-10(18-11(15-9)13-6-14-18)17-4-3-8(16-17)7-1-2-7/h3-7H,1-2H2. The Morgan fingerprint density at radius 3 is 3.06 bits per heavy atom. The maximum atomic E-state index is 5.98. The van der Waals surface area contributed by atoms with Crippen LogP contribution in [0.4, 0.5) is 0 Å². The van der Waals surface area contributed by atoms with Crippen LogP contribution < -0.4 is 0 Å². The molecule has 18 heavy (non-hydrogen) atoms. The fraction of sp³-hybridized carbons (Fsp3) is 0.273. The molecular weight excluding hydrogens is 252 g/mol. The second-order valence-electron chi connectivity index (χ2n) is 4.37. The van der Waals surface area contributed by atoms with E-state index in [0.717, 1.165) is 11.5 Å². The highest BCUT2D eigenvalue weighted by atomic mass is 35.5. The zero-order chi connectivity index (χ0) is 12.1. The Morgan fingerprint density at radius 2 is 2.22 bits per heavy atom. The van der Waals surface area contributed by atoms with Crippen LogP contribution in [0, 0.1) is 0 Å². The number of halogens is 1. The van der Waals surface area contributed by atoms with Crippen LogP contribution in [-0.2, 0) is 0 Å². The first kappa shape index (κ1) is 10.0. The molecule has 7 heteroatoms. The number of fused-ring (bicyclic) bond motifs is 1. The van der Waals surface area contributed by atoms with Gasteiger partial charge in [0.2, 0.25) is 0 Å². The highest BCUT2D eigenvalue weighted by Gasteiger charge is 2.26. The molecule has 1 saturated carbocycles. The van der Waals surface area contributed by atoms with Crippen molar-refractivity contribution in [1.82, 2.24) is 29.4 Å². The van der Waals surface area contributed by atoms with Crippen molar-refractivity contribution >= 4 is 17.4 Å². The molecule has 3 aromatic heterocycles. The fourth-order valence-corrected chi connectivity index (χ4v) is 2.17. The molecule has 0 N–H and O–H groups in total. The van der Waals surface area contributed by atoms with Crippen LogP contribution >= 0.6 is 11.6 Å². The molecule has 1 fully saturated rings. The molecule has 0 aromatic carbocycles. The fourth-order valence-electron chi connectivity index (χ4n) is 1.99. The van der Waals surface area contributed by atoms with E-state index in [1.807, 2.05) is 12.3 Å². The smallest absolute Gasteiger partial charge is 0.222 e. The maximum Gasteiger partial charge on any atom is 0.255 e. The molecule has 0 radical (unpaired) electrons. The van der Waals surface area contributed by atoms with Gasteiger partial charge in [0, 0.05) is 18.2 Å². The predicted molar refractivity (Wildman–Crippen MR) is 64.9 cm³/mol. The van der Waals surface area contributed by atoms with Gasteiger partial charge in [-0.15, -0.1) is 0 Å². The minimum atomic E-state index is 0.383. The Balaban J connectivity index is 1.91. The van der Waals surface area contributed by atoms with Gasteiger partial charge in [-0.3, -0.25) is 0 Å². The molecule has 0 spiro atoms. The molecule has 4 rings (SSSR count). The monoisotopic (exact) mass is 260 g/mol. The van der Waals surface area contributed by atoms with E-state index in [2.05, 4.69) is 20.2 Å². The first-order valence-electron chi connectivity index (χ1n) is 5.73. The predicted octanol–water partition coefficient (Wildman–Crippen LogP) is 1.84. The van der Waals surface area contributed by atoms with Gasteiger partial charge in [-0.05, 0) is 18.9 Å². The summed E-state index contributed by atoms with van der Waals surface area (Å²) in [5.41, 5.74) is 1.12. The molecule has 3 heterocycles. The van der Waals surface area contributed by atoms with Crippen molar-refractivity contribution in [2.45, 2.75) is 18.8 Å². The third-order valence-electron chi connectivity index (χ3n) is 3.04. The Kier molecular flexibility index (Phi) is 1.96. The topological polar surface area (TPSA) is 60.9 Å². The van der Waals surface area contributed by atoms with Crippen molar-refractivity contribution in [1.29, 1.82) is 0 Å². The number of rotatable bonds is 2. The Bertz CT molecular complexity index is 726. The molecule has 0 unspecified atom stereocenters. The zero-order valence-corrected chi connectivity index (χ0v) is 10.1. The second kappa shape index (κ2) is 3.52. The van der Waals surface area contributed by atoms with E-state index in [4.69, 9.17) is 11.6 Å². The summed E-state index contributed by atoms with van der Waals surface area (Å²) in [6.07, 6.45) is 5.83. The van der Waals surface area contributed by atoms with Gasteiger partial charge in [0.25, 0.3) is 5.78 Å². The van der Waals surface area contributed by atoms with Crippen LogP contribution in [0.5, 0.6) is 0 Å². The average molecular weight is 261 g/mol. The summed E-state index contributed by atoms with van der Waals surface area (Å²) in [6.45, 7) is 0. The van der Waals surface area contributed by atoms with E-state index in [0.29, 0.717) is 16.8 Å². The van der Waals surface area contributed by atoms with Crippen LogP contribution in [0.1, 0.15) is 24.5 Å². The van der Waals surface area contributed by atoms with Gasteiger partial charge in [-0.1, -0.05) is 11.6 Å². The summed E-state index contributed by atoms with van der Waals surface area (Å²) >= 11 is 5.98. The van der Waals surface area contributed by atoms with Gasteiger partial charge in [0.05, 0.1) is 5.69 Å². The summed E-state index contributed by atoms with van der Waals surface area (Å²) in [7, 11) is 0. The van der Waals surface area contributed by atoms with Gasteiger partial charge < -0.3 is 0 Å². The molecule has 6 nitrogen and oxygen atoms in total. The minimum absolute atomic E-state index is 0.383. The van der Waals surface area contributed by atoms with Crippen molar-refractivity contribution in [2.24, 2.45) is 0 Å². The SMILES string of the molecule is Clc1cc(-n2ccc(C3CC3)n2)n2ncnc2n1. The van der Waals surface area contributed by atoms with Crippen LogP contribution in [0.15, 0.2) is 24.7 Å². The first-order chi connectivity index (χ1) is 8.81. The van der Waals surface area contributed by atoms with Crippen molar-refractivity contribution in [3.05, 3.63) is 35.5 Å². The molecule has 1 aliphatic carbocycles. The molecule has 0 atom stereocenters. The molecule has 90 valence electrons. The first-order valence-corrected chi connectivity index (χ1v) is 6.11. The third-order valence-corrected chi connectivity index (χ3v) is 3.24. The molecule has 1 aliphatic rings. The highest BCUT2D eigenvalue weighted by Crippen LogP contribution is 2.39. The molecule has 0 aliphatic heterocycles. The molecule has 0 saturated heterocycles. The maximum absolute atomic E-state index is 5.98. The number of hydrogen-bond acceptors (Lipinski definition) is 4. The lowest BCUT2D eigenvalue weighted by Gasteiger charge is -2.03. The number of hydrogen-bond donors (Lipinski definition) is 0. The minimum Gasteiger partial charge on any atom is -0.222 e. The second-order valence-corrected chi connectivity index (χ2v) is 4.76. The summed E-state index contributed by atoms with van der Waals surface area (Å²) in [4.78, 5) is 8.12. The molecule has 0 bridgehead atoms. The van der Waals surface area contributed by atoms with Gasteiger partial charge in [-0.25, -0.2) is 4.68 Å². The molecule has 0 amide bonds. The van der Waals surface area contributed by atoms with Crippen LogP contribution in [0.25, 0.3) is 11.6 Å². The lowest BCUT2D eigenvalue weighted by atomic mass is 10.3. The van der Waals surface area contributed by atoms with Gasteiger partial charge in [0.1, 0.15) is 11.5 Å². The lowest BCUT2D eigenvalue weighted by molar-refractivity contribution is 0.763. The highest BCUT2D eigenvalue weighted by molar-refractivity contribution is 6.29. The van der Waals surface area contributed by atoms with E-state index in [1.165, 1.54) is 19.2 Å². The van der Waals surface area contributed by atoms with Crippen molar-refractivity contribution < 1.29 is 0 Å². The van der Waals surface area contributed by atoms with Gasteiger partial charge in [0.15, 0.2) is 5.82 Å². The van der Waals surface area contributed by atoms with Gasteiger partial charge >= 0.3 is 0 Å². The molecule has 3 aromatic rings. The number of nitrogens with zero attached hydrogens (tertiary/aromatic N) is 6. The van der Waals surface area contributed by atoms with Crippen LogP contribution in [0.2, 0.25) is 5.15 Å².